The standard InChI is InChI=1S/C16H22N2OS2/c1-11(2)19-14-8-5-7-13-15(14)17-16(20)18(13)10-12-6-3-4-9-21-12/h5,7-8,11-12H,3-4,6,9-10H2,1-2H3,(H,17,20). The number of thioether (sulfide) groups is 1. The summed E-state index contributed by atoms with van der Waals surface area (Å²) in [5.41, 5.74) is 2.18. The lowest BCUT2D eigenvalue weighted by atomic mass is 10.2. The second kappa shape index (κ2) is 6.44. The molecule has 1 aliphatic rings. The fourth-order valence-electron chi connectivity index (χ4n) is 2.84. The number of aromatic amines is 1. The van der Waals surface area contributed by atoms with Crippen LogP contribution in [0, 0.1) is 4.77 Å². The number of hydrogen-bond acceptors (Lipinski definition) is 3. The summed E-state index contributed by atoms with van der Waals surface area (Å²) < 4.78 is 8.93. The molecular formula is C16H22N2OS2. The first kappa shape index (κ1) is 15.0. The maximum absolute atomic E-state index is 5.89. The van der Waals surface area contributed by atoms with Gasteiger partial charge in [0.2, 0.25) is 0 Å². The molecule has 3 nitrogen and oxygen atoms in total. The number of para-hydroxylation sites is 1. The Balaban J connectivity index is 1.95. The predicted molar refractivity (Wildman–Crippen MR) is 93.0 cm³/mol. The Kier molecular flexibility index (Phi) is 4.60. The normalized spacial score (nSPS) is 19.3. The number of benzene rings is 1. The first-order valence-corrected chi connectivity index (χ1v) is 9.10. The third kappa shape index (κ3) is 3.29. The summed E-state index contributed by atoms with van der Waals surface area (Å²) in [5.74, 6) is 2.17. The molecule has 0 bridgehead atoms. The second-order valence-electron chi connectivity index (χ2n) is 5.85. The Hall–Kier alpha value is -0.940. The minimum atomic E-state index is 0.162. The van der Waals surface area contributed by atoms with Crippen molar-refractivity contribution in [2.24, 2.45) is 0 Å². The number of nitrogens with zero attached hydrogens (tertiary/aromatic N) is 1. The highest BCUT2D eigenvalue weighted by Gasteiger charge is 2.17. The summed E-state index contributed by atoms with van der Waals surface area (Å²) in [5, 5.41) is 0.680. The van der Waals surface area contributed by atoms with Gasteiger partial charge in [0.1, 0.15) is 11.3 Å². The summed E-state index contributed by atoms with van der Waals surface area (Å²) in [7, 11) is 0. The Morgan fingerprint density at radius 2 is 2.29 bits per heavy atom. The van der Waals surface area contributed by atoms with Crippen molar-refractivity contribution in [1.29, 1.82) is 0 Å². The molecule has 0 radical (unpaired) electrons. The van der Waals surface area contributed by atoms with E-state index < -0.39 is 0 Å². The number of ether oxygens (including phenoxy) is 1. The van der Waals surface area contributed by atoms with Crippen molar-refractivity contribution >= 4 is 35.0 Å². The molecule has 3 rings (SSSR count). The van der Waals surface area contributed by atoms with Crippen molar-refractivity contribution in [3.63, 3.8) is 0 Å². The minimum absolute atomic E-state index is 0.162. The number of imidazole rings is 1. The maximum Gasteiger partial charge on any atom is 0.178 e. The van der Waals surface area contributed by atoms with Crippen LogP contribution in [0.3, 0.4) is 0 Å². The van der Waals surface area contributed by atoms with E-state index >= 15 is 0 Å². The molecule has 114 valence electrons. The van der Waals surface area contributed by atoms with Gasteiger partial charge in [-0.1, -0.05) is 12.5 Å². The van der Waals surface area contributed by atoms with E-state index in [1.54, 1.807) is 0 Å². The van der Waals surface area contributed by atoms with Crippen LogP contribution in [-0.4, -0.2) is 26.7 Å². The molecule has 1 N–H and O–H groups in total. The van der Waals surface area contributed by atoms with Crippen LogP contribution in [0.25, 0.3) is 11.0 Å². The number of nitrogens with one attached hydrogen (secondary N) is 1. The maximum atomic E-state index is 5.89. The monoisotopic (exact) mass is 322 g/mol. The molecule has 1 aromatic carbocycles. The van der Waals surface area contributed by atoms with Crippen molar-refractivity contribution in [2.45, 2.75) is 51.0 Å². The van der Waals surface area contributed by atoms with Gasteiger partial charge in [-0.25, -0.2) is 0 Å². The highest BCUT2D eigenvalue weighted by Crippen LogP contribution is 2.30. The van der Waals surface area contributed by atoms with Crippen molar-refractivity contribution in [1.82, 2.24) is 9.55 Å². The average Bonchev–Trinajstić information content (AvgIpc) is 2.77. The minimum Gasteiger partial charge on any atom is -0.489 e. The fourth-order valence-corrected chi connectivity index (χ4v) is 4.41. The topological polar surface area (TPSA) is 29.9 Å². The van der Waals surface area contributed by atoms with Crippen LogP contribution in [0.5, 0.6) is 5.75 Å². The van der Waals surface area contributed by atoms with Crippen LogP contribution in [0.15, 0.2) is 18.2 Å². The zero-order valence-electron chi connectivity index (χ0n) is 12.6. The second-order valence-corrected chi connectivity index (χ2v) is 7.64. The molecule has 0 aliphatic carbocycles. The Bertz CT molecular complexity index is 668. The molecule has 2 heterocycles. The van der Waals surface area contributed by atoms with Gasteiger partial charge in [-0.3, -0.25) is 0 Å². The van der Waals surface area contributed by atoms with E-state index in [-0.39, 0.29) is 6.10 Å². The van der Waals surface area contributed by atoms with Gasteiger partial charge in [0.25, 0.3) is 0 Å². The first-order valence-electron chi connectivity index (χ1n) is 7.65. The van der Waals surface area contributed by atoms with Crippen molar-refractivity contribution in [2.75, 3.05) is 5.75 Å². The van der Waals surface area contributed by atoms with Crippen LogP contribution in [0.4, 0.5) is 0 Å². The molecule has 0 amide bonds. The number of fused-ring (bicyclic) bond motifs is 1. The van der Waals surface area contributed by atoms with Crippen LogP contribution >= 0.6 is 24.0 Å². The van der Waals surface area contributed by atoms with E-state index in [1.807, 2.05) is 26.0 Å². The number of H-pyrrole nitrogens is 1. The van der Waals surface area contributed by atoms with E-state index in [9.17, 15) is 0 Å². The molecule has 21 heavy (non-hydrogen) atoms. The third-order valence-corrected chi connectivity index (χ3v) is 5.50. The zero-order valence-corrected chi connectivity index (χ0v) is 14.2. The summed E-state index contributed by atoms with van der Waals surface area (Å²) in [6.45, 7) is 5.08. The summed E-state index contributed by atoms with van der Waals surface area (Å²) >= 11 is 7.62. The molecule has 1 aromatic heterocycles. The van der Waals surface area contributed by atoms with E-state index in [2.05, 4.69) is 27.4 Å². The molecule has 1 unspecified atom stereocenters. The Morgan fingerprint density at radius 1 is 1.43 bits per heavy atom. The van der Waals surface area contributed by atoms with Gasteiger partial charge in [0.05, 0.1) is 11.6 Å². The van der Waals surface area contributed by atoms with Gasteiger partial charge >= 0.3 is 0 Å². The van der Waals surface area contributed by atoms with E-state index in [0.29, 0.717) is 5.25 Å². The lowest BCUT2D eigenvalue weighted by Gasteiger charge is -2.21. The zero-order chi connectivity index (χ0) is 14.8. The number of hydrogen-bond donors (Lipinski definition) is 1. The fraction of sp³-hybridized carbons (Fsp3) is 0.562. The summed E-state index contributed by atoms with van der Waals surface area (Å²) in [6.07, 6.45) is 4.15. The van der Waals surface area contributed by atoms with Crippen molar-refractivity contribution in [3.8, 4) is 5.75 Å². The van der Waals surface area contributed by atoms with Gasteiger partial charge in [-0.15, -0.1) is 0 Å². The molecule has 1 saturated heterocycles. The molecule has 0 spiro atoms. The van der Waals surface area contributed by atoms with E-state index in [0.717, 1.165) is 28.1 Å². The quantitative estimate of drug-likeness (QED) is 0.822. The molecule has 1 fully saturated rings. The largest absolute Gasteiger partial charge is 0.489 e. The summed E-state index contributed by atoms with van der Waals surface area (Å²) in [6, 6.07) is 6.18. The molecule has 1 aliphatic heterocycles. The SMILES string of the molecule is CC(C)Oc1cccc2c1[nH]c(=S)n2CC1CCCCS1. The molecular weight excluding hydrogens is 300 g/mol. The van der Waals surface area contributed by atoms with Gasteiger partial charge in [0, 0.05) is 11.8 Å². The Labute approximate surface area is 135 Å². The van der Waals surface area contributed by atoms with Crippen LogP contribution in [-0.2, 0) is 6.54 Å². The first-order chi connectivity index (χ1) is 10.1. The van der Waals surface area contributed by atoms with E-state index in [4.69, 9.17) is 17.0 Å². The number of aromatic nitrogens is 2. The lowest BCUT2D eigenvalue weighted by Crippen LogP contribution is -2.17. The molecule has 2 aromatic rings. The summed E-state index contributed by atoms with van der Waals surface area (Å²) in [4.78, 5) is 3.33. The predicted octanol–water partition coefficient (Wildman–Crippen LogP) is 4.77. The van der Waals surface area contributed by atoms with E-state index in [1.165, 1.54) is 25.0 Å². The average molecular weight is 322 g/mol. The van der Waals surface area contributed by atoms with Gasteiger partial charge in [0.15, 0.2) is 4.77 Å². The van der Waals surface area contributed by atoms with Crippen molar-refractivity contribution in [3.05, 3.63) is 23.0 Å². The number of rotatable bonds is 4. The molecule has 1 atom stereocenters. The lowest BCUT2D eigenvalue weighted by molar-refractivity contribution is 0.245. The van der Waals surface area contributed by atoms with Gasteiger partial charge in [-0.2, -0.15) is 11.8 Å². The highest BCUT2D eigenvalue weighted by atomic mass is 32.2. The van der Waals surface area contributed by atoms with Gasteiger partial charge in [-0.05, 0) is 56.8 Å². The molecule has 0 saturated carbocycles. The van der Waals surface area contributed by atoms with Crippen LogP contribution < -0.4 is 4.74 Å². The Morgan fingerprint density at radius 3 is 3.00 bits per heavy atom. The smallest absolute Gasteiger partial charge is 0.178 e. The third-order valence-electron chi connectivity index (χ3n) is 3.79. The van der Waals surface area contributed by atoms with Gasteiger partial charge < -0.3 is 14.3 Å². The highest BCUT2D eigenvalue weighted by molar-refractivity contribution is 7.99. The van der Waals surface area contributed by atoms with Crippen LogP contribution in [0.2, 0.25) is 0 Å². The van der Waals surface area contributed by atoms with Crippen molar-refractivity contribution < 1.29 is 4.74 Å². The van der Waals surface area contributed by atoms with Crippen LogP contribution in [0.1, 0.15) is 33.1 Å². The molecule has 5 heteroatoms.